The highest BCUT2D eigenvalue weighted by molar-refractivity contribution is 7.47. The Morgan fingerprint density at radius 3 is 1.11 bits per heavy atom. The van der Waals surface area contributed by atoms with E-state index in [0.717, 1.165) is 83.5 Å². The van der Waals surface area contributed by atoms with Crippen molar-refractivity contribution in [1.82, 2.24) is 0 Å². The predicted molar refractivity (Wildman–Crippen MR) is 316 cm³/mol. The van der Waals surface area contributed by atoms with Crippen LogP contribution in [0.4, 0.5) is 0 Å². The Hall–Kier alpha value is -2.81. The zero-order valence-electron chi connectivity index (χ0n) is 47.8. The van der Waals surface area contributed by atoms with Crippen LogP contribution >= 0.6 is 7.82 Å². The zero-order chi connectivity index (χ0) is 53.8. The average molecular weight is 1060 g/mol. The van der Waals surface area contributed by atoms with Crippen molar-refractivity contribution in [3.8, 4) is 0 Å². The molecular formula is C64H114NO8P. The Balaban J connectivity index is 3.88. The molecule has 0 saturated heterocycles. The van der Waals surface area contributed by atoms with Crippen LogP contribution in [0.5, 0.6) is 0 Å². The molecule has 74 heavy (non-hydrogen) atoms. The van der Waals surface area contributed by atoms with Gasteiger partial charge in [-0.3, -0.25) is 18.6 Å². The van der Waals surface area contributed by atoms with Gasteiger partial charge in [0.25, 0.3) is 0 Å². The number of phosphoric ester groups is 1. The lowest BCUT2D eigenvalue weighted by molar-refractivity contribution is -0.161. The number of allylic oxidation sites excluding steroid dienone is 14. The van der Waals surface area contributed by atoms with Crippen molar-refractivity contribution in [2.75, 3.05) is 26.4 Å². The van der Waals surface area contributed by atoms with Gasteiger partial charge in [-0.15, -0.1) is 0 Å². The Bertz CT molecular complexity index is 1480. The summed E-state index contributed by atoms with van der Waals surface area (Å²) in [5.41, 5.74) is 5.38. The molecule has 0 aromatic heterocycles. The van der Waals surface area contributed by atoms with Gasteiger partial charge in [-0.25, -0.2) is 4.57 Å². The van der Waals surface area contributed by atoms with Crippen LogP contribution in [0.15, 0.2) is 85.1 Å². The second kappa shape index (κ2) is 59.4. The topological polar surface area (TPSA) is 134 Å². The van der Waals surface area contributed by atoms with Crippen LogP contribution in [0, 0.1) is 0 Å². The van der Waals surface area contributed by atoms with Gasteiger partial charge in [0.1, 0.15) is 6.61 Å². The maximum absolute atomic E-state index is 12.7. The number of hydrogen-bond acceptors (Lipinski definition) is 8. The van der Waals surface area contributed by atoms with E-state index in [1.807, 2.05) is 0 Å². The first kappa shape index (κ1) is 71.2. The molecule has 0 aromatic carbocycles. The lowest BCUT2D eigenvalue weighted by Gasteiger charge is -2.19. The third kappa shape index (κ3) is 58.5. The molecule has 0 aliphatic rings. The first-order valence-corrected chi connectivity index (χ1v) is 32.1. The molecule has 0 heterocycles. The van der Waals surface area contributed by atoms with E-state index in [1.54, 1.807) is 0 Å². The highest BCUT2D eigenvalue weighted by Crippen LogP contribution is 2.43. The summed E-state index contributed by atoms with van der Waals surface area (Å²) in [5, 5.41) is 0. The second-order valence-corrected chi connectivity index (χ2v) is 21.7. The molecule has 0 amide bonds. The number of unbranched alkanes of at least 4 members (excludes halogenated alkanes) is 30. The predicted octanol–water partition coefficient (Wildman–Crippen LogP) is 19.5. The van der Waals surface area contributed by atoms with Crippen LogP contribution in [-0.4, -0.2) is 49.3 Å². The van der Waals surface area contributed by atoms with E-state index in [-0.39, 0.29) is 38.6 Å². The third-order valence-electron chi connectivity index (χ3n) is 13.0. The summed E-state index contributed by atoms with van der Waals surface area (Å²) in [4.78, 5) is 35.2. The Morgan fingerprint density at radius 2 is 0.743 bits per heavy atom. The molecule has 3 N–H and O–H groups in total. The van der Waals surface area contributed by atoms with Crippen LogP contribution < -0.4 is 5.73 Å². The summed E-state index contributed by atoms with van der Waals surface area (Å²) in [5.74, 6) is -0.818. The van der Waals surface area contributed by atoms with Gasteiger partial charge in [-0.05, 0) is 70.6 Å². The van der Waals surface area contributed by atoms with Gasteiger partial charge in [0.15, 0.2) is 6.10 Å². The monoisotopic (exact) mass is 1060 g/mol. The van der Waals surface area contributed by atoms with E-state index in [2.05, 4.69) is 98.9 Å². The Labute approximate surface area is 455 Å². The fourth-order valence-electron chi connectivity index (χ4n) is 8.56. The van der Waals surface area contributed by atoms with Crippen molar-refractivity contribution in [2.24, 2.45) is 5.73 Å². The molecule has 0 saturated carbocycles. The summed E-state index contributed by atoms with van der Waals surface area (Å²) in [7, 11) is -4.39. The van der Waals surface area contributed by atoms with Gasteiger partial charge in [0, 0.05) is 19.4 Å². The number of carbonyl (C=O) groups excluding carboxylic acids is 2. The van der Waals surface area contributed by atoms with Gasteiger partial charge in [-0.2, -0.15) is 0 Å². The smallest absolute Gasteiger partial charge is 0.462 e. The van der Waals surface area contributed by atoms with E-state index in [0.29, 0.717) is 6.42 Å². The van der Waals surface area contributed by atoms with Crippen LogP contribution in [0.2, 0.25) is 0 Å². The normalized spacial score (nSPS) is 13.6. The molecule has 0 aliphatic carbocycles. The molecule has 2 unspecified atom stereocenters. The number of rotatable bonds is 57. The van der Waals surface area contributed by atoms with E-state index < -0.39 is 26.5 Å². The van der Waals surface area contributed by atoms with E-state index in [4.69, 9.17) is 24.3 Å². The molecule has 2 atom stereocenters. The number of phosphoric acid groups is 1. The van der Waals surface area contributed by atoms with Gasteiger partial charge in [0.2, 0.25) is 0 Å². The first-order chi connectivity index (χ1) is 36.3. The lowest BCUT2D eigenvalue weighted by atomic mass is 10.0. The van der Waals surface area contributed by atoms with Crippen LogP contribution in [0.25, 0.3) is 0 Å². The van der Waals surface area contributed by atoms with Gasteiger partial charge >= 0.3 is 19.8 Å². The maximum Gasteiger partial charge on any atom is 0.472 e. The van der Waals surface area contributed by atoms with Crippen molar-refractivity contribution in [3.05, 3.63) is 85.1 Å². The van der Waals surface area contributed by atoms with Gasteiger partial charge < -0.3 is 20.1 Å². The van der Waals surface area contributed by atoms with E-state index >= 15 is 0 Å². The van der Waals surface area contributed by atoms with Crippen molar-refractivity contribution in [3.63, 3.8) is 0 Å². The van der Waals surface area contributed by atoms with Gasteiger partial charge in [0.05, 0.1) is 13.2 Å². The highest BCUT2D eigenvalue weighted by Gasteiger charge is 2.26. The van der Waals surface area contributed by atoms with Gasteiger partial charge in [-0.1, -0.05) is 279 Å². The first-order valence-electron chi connectivity index (χ1n) is 30.6. The summed E-state index contributed by atoms with van der Waals surface area (Å²) < 4.78 is 33.0. The minimum atomic E-state index is -4.39. The molecule has 0 rings (SSSR count). The maximum atomic E-state index is 12.7. The SMILES string of the molecule is CC/C=C\C/C=C\C/C=C\C/C=C\C/C=C\C/C=C\C/C=C\CCCCCCCCCCCCCCCCCC(=O)OC(COC(=O)CCCCCCCCCCCCCCCCCC)COP(=O)(O)OCCN. The number of carbonyl (C=O) groups is 2. The molecular weight excluding hydrogens is 942 g/mol. The van der Waals surface area contributed by atoms with Crippen molar-refractivity contribution in [2.45, 2.75) is 283 Å². The molecule has 428 valence electrons. The minimum absolute atomic E-state index is 0.0529. The highest BCUT2D eigenvalue weighted by atomic mass is 31.2. The van der Waals surface area contributed by atoms with Crippen LogP contribution in [0.3, 0.4) is 0 Å². The lowest BCUT2D eigenvalue weighted by Crippen LogP contribution is -2.29. The average Bonchev–Trinajstić information content (AvgIpc) is 3.39. The Kier molecular flexibility index (Phi) is 57.2. The zero-order valence-corrected chi connectivity index (χ0v) is 48.7. The molecule has 0 aliphatic heterocycles. The fourth-order valence-corrected chi connectivity index (χ4v) is 9.32. The van der Waals surface area contributed by atoms with E-state index in [9.17, 15) is 19.0 Å². The number of ether oxygens (including phenoxy) is 2. The van der Waals surface area contributed by atoms with Crippen molar-refractivity contribution in [1.29, 1.82) is 0 Å². The Morgan fingerprint density at radius 1 is 0.419 bits per heavy atom. The second-order valence-electron chi connectivity index (χ2n) is 20.2. The molecule has 0 fully saturated rings. The van der Waals surface area contributed by atoms with Crippen LogP contribution in [-0.2, 0) is 32.7 Å². The molecule has 10 heteroatoms. The molecule has 0 spiro atoms. The fraction of sp³-hybridized carbons (Fsp3) is 0.750. The number of esters is 2. The summed E-state index contributed by atoms with van der Waals surface area (Å²) >= 11 is 0. The molecule has 0 radical (unpaired) electrons. The van der Waals surface area contributed by atoms with Crippen molar-refractivity contribution < 1.29 is 37.6 Å². The molecule has 0 bridgehead atoms. The summed E-state index contributed by atoms with van der Waals surface area (Å²) in [6.45, 7) is 3.66. The van der Waals surface area contributed by atoms with E-state index in [1.165, 1.54) is 161 Å². The number of hydrogen-bond donors (Lipinski definition) is 2. The quantitative estimate of drug-likeness (QED) is 0.0264. The van der Waals surface area contributed by atoms with Crippen LogP contribution in [0.1, 0.15) is 277 Å². The number of nitrogens with two attached hydrogens (primary N) is 1. The minimum Gasteiger partial charge on any atom is -0.462 e. The third-order valence-corrected chi connectivity index (χ3v) is 14.0. The molecule has 9 nitrogen and oxygen atoms in total. The standard InChI is InChI=1S/C64H114NO8P/c1-3-5-7-9-11-13-15-17-19-21-22-23-24-25-26-27-28-29-30-31-32-33-34-35-36-37-38-39-40-41-43-45-47-49-51-53-55-57-64(67)73-62(61-72-74(68,69)71-59-58-65)60-70-63(66)56-54-52-50-48-46-44-42-20-18-16-14-12-10-8-6-4-2/h5,7,11,13,17,19,22-23,25-26,28-29,31-32,62H,3-4,6,8-10,12,14-16,18,20-21,24,27,30,33-61,65H2,1-2H3,(H,68,69)/b7-5-,13-11-,19-17-,23-22-,26-25-,29-28-,32-31-. The largest absolute Gasteiger partial charge is 0.472 e. The summed E-state index contributed by atoms with van der Waals surface area (Å²) in [6.07, 6.45) is 77.9. The molecule has 0 aromatic rings. The summed E-state index contributed by atoms with van der Waals surface area (Å²) in [6, 6.07) is 0. The van der Waals surface area contributed by atoms with Crippen molar-refractivity contribution >= 4 is 19.8 Å².